The molecule has 0 atom stereocenters. The van der Waals surface area contributed by atoms with E-state index < -0.39 is 0 Å². The second-order valence-electron chi connectivity index (χ2n) is 5.95. The highest BCUT2D eigenvalue weighted by Gasteiger charge is 2.14. The molecule has 130 valence electrons. The number of carbonyl (C=O) groups is 2. The number of nitrogens with two attached hydrogens (primary N) is 1. The van der Waals surface area contributed by atoms with Crippen LogP contribution < -0.4 is 16.4 Å². The summed E-state index contributed by atoms with van der Waals surface area (Å²) in [6.07, 6.45) is 0. The summed E-state index contributed by atoms with van der Waals surface area (Å²) in [6, 6.07) is 21.1. The SMILES string of the molecule is Cc1cccc(NC(=O)c2ccccc2NC(=O)c2cccc(N)c2)c1. The van der Waals surface area contributed by atoms with Crippen molar-refractivity contribution < 1.29 is 9.59 Å². The van der Waals surface area contributed by atoms with Crippen LogP contribution in [0.4, 0.5) is 17.1 Å². The van der Waals surface area contributed by atoms with E-state index in [0.29, 0.717) is 28.2 Å². The minimum absolute atomic E-state index is 0.293. The molecule has 3 aromatic rings. The fourth-order valence-corrected chi connectivity index (χ4v) is 2.59. The van der Waals surface area contributed by atoms with Crippen molar-refractivity contribution in [1.29, 1.82) is 0 Å². The van der Waals surface area contributed by atoms with Gasteiger partial charge in [-0.15, -0.1) is 0 Å². The first-order valence-corrected chi connectivity index (χ1v) is 8.17. The topological polar surface area (TPSA) is 84.2 Å². The van der Waals surface area contributed by atoms with Crippen LogP contribution in [0, 0.1) is 6.92 Å². The lowest BCUT2D eigenvalue weighted by molar-refractivity contribution is 0.102. The van der Waals surface area contributed by atoms with Crippen LogP contribution in [-0.2, 0) is 0 Å². The summed E-state index contributed by atoms with van der Waals surface area (Å²) >= 11 is 0. The lowest BCUT2D eigenvalue weighted by atomic mass is 10.1. The van der Waals surface area contributed by atoms with Crippen LogP contribution >= 0.6 is 0 Å². The quantitative estimate of drug-likeness (QED) is 0.623. The Bertz CT molecular complexity index is 967. The maximum Gasteiger partial charge on any atom is 0.257 e. The van der Waals surface area contributed by atoms with Gasteiger partial charge in [-0.2, -0.15) is 0 Å². The summed E-state index contributed by atoms with van der Waals surface area (Å²) in [5, 5.41) is 5.63. The number of aryl methyl sites for hydroxylation is 1. The van der Waals surface area contributed by atoms with E-state index in [2.05, 4.69) is 10.6 Å². The number of anilines is 3. The van der Waals surface area contributed by atoms with Gasteiger partial charge in [-0.3, -0.25) is 9.59 Å². The molecule has 0 saturated heterocycles. The first-order chi connectivity index (χ1) is 12.5. The fourth-order valence-electron chi connectivity index (χ4n) is 2.59. The molecule has 0 fully saturated rings. The van der Waals surface area contributed by atoms with Gasteiger partial charge < -0.3 is 16.4 Å². The van der Waals surface area contributed by atoms with Gasteiger partial charge in [-0.1, -0.05) is 30.3 Å². The van der Waals surface area contributed by atoms with Gasteiger partial charge in [0.1, 0.15) is 0 Å². The molecule has 0 aromatic heterocycles. The van der Waals surface area contributed by atoms with Crippen molar-refractivity contribution in [2.75, 3.05) is 16.4 Å². The minimum atomic E-state index is -0.326. The molecule has 0 spiro atoms. The fraction of sp³-hybridized carbons (Fsp3) is 0.0476. The first-order valence-electron chi connectivity index (χ1n) is 8.17. The molecule has 0 aliphatic rings. The molecular formula is C21H19N3O2. The minimum Gasteiger partial charge on any atom is -0.399 e. The number of hydrogen-bond donors (Lipinski definition) is 3. The summed E-state index contributed by atoms with van der Waals surface area (Å²) in [7, 11) is 0. The van der Waals surface area contributed by atoms with Gasteiger partial charge in [0.05, 0.1) is 11.3 Å². The van der Waals surface area contributed by atoms with E-state index in [0.717, 1.165) is 5.56 Å². The number of para-hydroxylation sites is 1. The van der Waals surface area contributed by atoms with Crippen molar-refractivity contribution in [2.45, 2.75) is 6.92 Å². The molecule has 3 aromatic carbocycles. The van der Waals surface area contributed by atoms with Crippen molar-refractivity contribution in [3.63, 3.8) is 0 Å². The molecule has 0 heterocycles. The van der Waals surface area contributed by atoms with Gasteiger partial charge >= 0.3 is 0 Å². The van der Waals surface area contributed by atoms with Gasteiger partial charge in [0.15, 0.2) is 0 Å². The maximum absolute atomic E-state index is 12.6. The van der Waals surface area contributed by atoms with E-state index in [1.165, 1.54) is 0 Å². The van der Waals surface area contributed by atoms with Crippen molar-refractivity contribution >= 4 is 28.9 Å². The van der Waals surface area contributed by atoms with Crippen LogP contribution in [0.2, 0.25) is 0 Å². The second kappa shape index (κ2) is 7.53. The lowest BCUT2D eigenvalue weighted by Crippen LogP contribution is -2.18. The number of nitrogen functional groups attached to an aromatic ring is 1. The van der Waals surface area contributed by atoms with Crippen LogP contribution in [0.25, 0.3) is 0 Å². The van der Waals surface area contributed by atoms with E-state index in [-0.39, 0.29) is 11.8 Å². The largest absolute Gasteiger partial charge is 0.399 e. The number of nitrogens with one attached hydrogen (secondary N) is 2. The number of rotatable bonds is 4. The molecule has 3 rings (SSSR count). The Kier molecular flexibility index (Phi) is 4.99. The lowest BCUT2D eigenvalue weighted by Gasteiger charge is -2.12. The summed E-state index contributed by atoms with van der Waals surface area (Å²) in [5.41, 5.74) is 9.22. The van der Waals surface area contributed by atoms with Gasteiger partial charge in [0, 0.05) is 16.9 Å². The average Bonchev–Trinajstić information content (AvgIpc) is 2.62. The van der Waals surface area contributed by atoms with Gasteiger partial charge in [-0.25, -0.2) is 0 Å². The summed E-state index contributed by atoms with van der Waals surface area (Å²) in [6.45, 7) is 1.95. The Morgan fingerprint density at radius 1 is 0.808 bits per heavy atom. The molecule has 0 saturated carbocycles. The predicted octanol–water partition coefficient (Wildman–Crippen LogP) is 4.08. The Morgan fingerprint density at radius 2 is 1.58 bits per heavy atom. The molecule has 2 amide bonds. The summed E-state index contributed by atoms with van der Waals surface area (Å²) in [5.74, 6) is -0.618. The van der Waals surface area contributed by atoms with E-state index in [1.54, 1.807) is 48.5 Å². The normalized spacial score (nSPS) is 10.2. The maximum atomic E-state index is 12.6. The molecule has 0 aliphatic carbocycles. The van der Waals surface area contributed by atoms with E-state index in [4.69, 9.17) is 5.73 Å². The zero-order chi connectivity index (χ0) is 18.5. The zero-order valence-electron chi connectivity index (χ0n) is 14.3. The number of benzene rings is 3. The summed E-state index contributed by atoms with van der Waals surface area (Å²) < 4.78 is 0. The molecule has 5 heteroatoms. The highest BCUT2D eigenvalue weighted by Crippen LogP contribution is 2.19. The van der Waals surface area contributed by atoms with Gasteiger partial charge in [0.2, 0.25) is 0 Å². The van der Waals surface area contributed by atoms with Crippen molar-refractivity contribution in [1.82, 2.24) is 0 Å². The third kappa shape index (κ3) is 4.08. The smallest absolute Gasteiger partial charge is 0.257 e. The first kappa shape index (κ1) is 17.2. The Labute approximate surface area is 151 Å². The molecule has 4 N–H and O–H groups in total. The van der Waals surface area contributed by atoms with Crippen LogP contribution in [0.15, 0.2) is 72.8 Å². The molecule has 5 nitrogen and oxygen atoms in total. The standard InChI is InChI=1S/C21H19N3O2/c1-14-6-4-9-17(12-14)23-21(26)18-10-2-3-11-19(18)24-20(25)15-7-5-8-16(22)13-15/h2-13H,22H2,1H3,(H,23,26)(H,24,25). The Hall–Kier alpha value is -3.60. The third-order valence-electron chi connectivity index (χ3n) is 3.84. The molecule has 0 radical (unpaired) electrons. The van der Waals surface area contributed by atoms with Crippen LogP contribution in [0.3, 0.4) is 0 Å². The van der Waals surface area contributed by atoms with Gasteiger partial charge in [0.25, 0.3) is 11.8 Å². The molecule has 26 heavy (non-hydrogen) atoms. The Morgan fingerprint density at radius 3 is 2.35 bits per heavy atom. The monoisotopic (exact) mass is 345 g/mol. The Balaban J connectivity index is 1.81. The summed E-state index contributed by atoms with van der Waals surface area (Å²) in [4.78, 5) is 25.1. The third-order valence-corrected chi connectivity index (χ3v) is 3.84. The van der Waals surface area contributed by atoms with E-state index >= 15 is 0 Å². The van der Waals surface area contributed by atoms with Crippen molar-refractivity contribution in [3.8, 4) is 0 Å². The molecule has 0 bridgehead atoms. The van der Waals surface area contributed by atoms with E-state index in [9.17, 15) is 9.59 Å². The zero-order valence-corrected chi connectivity index (χ0v) is 14.3. The molecular weight excluding hydrogens is 326 g/mol. The van der Waals surface area contributed by atoms with Crippen molar-refractivity contribution in [2.24, 2.45) is 0 Å². The van der Waals surface area contributed by atoms with E-state index in [1.807, 2.05) is 31.2 Å². The highest BCUT2D eigenvalue weighted by molar-refractivity contribution is 6.12. The molecule has 0 unspecified atom stereocenters. The van der Waals surface area contributed by atoms with Crippen LogP contribution in [0.1, 0.15) is 26.3 Å². The van der Waals surface area contributed by atoms with Crippen LogP contribution in [0.5, 0.6) is 0 Å². The predicted molar refractivity (Wildman–Crippen MR) is 104 cm³/mol. The van der Waals surface area contributed by atoms with Crippen LogP contribution in [-0.4, -0.2) is 11.8 Å². The van der Waals surface area contributed by atoms with Gasteiger partial charge in [-0.05, 0) is 55.0 Å². The van der Waals surface area contributed by atoms with Crippen molar-refractivity contribution in [3.05, 3.63) is 89.5 Å². The number of hydrogen-bond acceptors (Lipinski definition) is 3. The number of amides is 2. The molecule has 0 aliphatic heterocycles. The number of carbonyl (C=O) groups excluding carboxylic acids is 2. The second-order valence-corrected chi connectivity index (χ2v) is 5.95. The average molecular weight is 345 g/mol. The highest BCUT2D eigenvalue weighted by atomic mass is 16.2.